The van der Waals surface area contributed by atoms with E-state index in [0.717, 1.165) is 24.8 Å². The first-order chi connectivity index (χ1) is 14.2. The fraction of sp³-hybridized carbons (Fsp3) is 0.826. The van der Waals surface area contributed by atoms with Gasteiger partial charge in [0.25, 0.3) is 0 Å². The number of aliphatic hydroxyl groups is 3. The molecule has 0 spiro atoms. The van der Waals surface area contributed by atoms with Gasteiger partial charge in [0.2, 0.25) is 0 Å². The Morgan fingerprint density at radius 3 is 2.57 bits per heavy atom. The van der Waals surface area contributed by atoms with Crippen LogP contribution >= 0.6 is 0 Å². The van der Waals surface area contributed by atoms with Crippen molar-refractivity contribution in [2.45, 2.75) is 82.0 Å². The highest BCUT2D eigenvalue weighted by Crippen LogP contribution is 2.70. The van der Waals surface area contributed by atoms with E-state index < -0.39 is 22.7 Å². The number of rotatable bonds is 2. The Morgan fingerprint density at radius 2 is 1.87 bits per heavy atom. The standard InChI is InChI=1S/C23H33NO6/c1-20-6-3-17-18(23(20,28)9-5-16(20)14-10-19(26)30-12-14)4-8-22(27)11-15(25)2-7-21(17,22)13-24-29/h10,13,15-18,25,27-29H,2-9,11-12H2,1H3/b24-13-/t15-,16-,17-,18+,20-,21+,22+,23+/m1/s1. The number of carbonyl (C=O) groups is 1. The highest BCUT2D eigenvalue weighted by Gasteiger charge is 2.71. The lowest BCUT2D eigenvalue weighted by molar-refractivity contribution is -0.237. The van der Waals surface area contributed by atoms with Crippen molar-refractivity contribution in [1.82, 2.24) is 0 Å². The topological polar surface area (TPSA) is 120 Å². The van der Waals surface area contributed by atoms with Crippen molar-refractivity contribution in [3.63, 3.8) is 0 Å². The lowest BCUT2D eigenvalue weighted by Crippen LogP contribution is -2.68. The summed E-state index contributed by atoms with van der Waals surface area (Å²) in [7, 11) is 0. The van der Waals surface area contributed by atoms with Crippen LogP contribution in [0.15, 0.2) is 16.8 Å². The van der Waals surface area contributed by atoms with E-state index in [1.807, 2.05) is 0 Å². The van der Waals surface area contributed by atoms with E-state index in [0.29, 0.717) is 38.7 Å². The number of hydrogen-bond donors (Lipinski definition) is 4. The van der Waals surface area contributed by atoms with Crippen molar-refractivity contribution in [2.75, 3.05) is 6.61 Å². The monoisotopic (exact) mass is 419 g/mol. The third-order valence-electron chi connectivity index (χ3n) is 9.93. The fourth-order valence-corrected chi connectivity index (χ4v) is 8.46. The van der Waals surface area contributed by atoms with E-state index in [1.54, 1.807) is 6.08 Å². The molecule has 7 nitrogen and oxygen atoms in total. The van der Waals surface area contributed by atoms with Gasteiger partial charge in [0.05, 0.1) is 23.5 Å². The molecule has 4 N–H and O–H groups in total. The zero-order valence-electron chi connectivity index (χ0n) is 17.6. The number of esters is 1. The largest absolute Gasteiger partial charge is 0.458 e. The minimum Gasteiger partial charge on any atom is -0.458 e. The van der Waals surface area contributed by atoms with E-state index in [2.05, 4.69) is 12.1 Å². The third-order valence-corrected chi connectivity index (χ3v) is 9.93. The predicted molar refractivity (Wildman–Crippen MR) is 108 cm³/mol. The molecule has 1 aliphatic heterocycles. The van der Waals surface area contributed by atoms with E-state index in [1.165, 1.54) is 6.21 Å². The minimum absolute atomic E-state index is 0.00749. The van der Waals surface area contributed by atoms with E-state index in [-0.39, 0.29) is 35.6 Å². The van der Waals surface area contributed by atoms with Crippen LogP contribution in [0.4, 0.5) is 0 Å². The second-order valence-corrected chi connectivity index (χ2v) is 10.8. The van der Waals surface area contributed by atoms with Crippen LogP contribution < -0.4 is 0 Å². The van der Waals surface area contributed by atoms with Gasteiger partial charge in [-0.25, -0.2) is 4.79 Å². The van der Waals surface area contributed by atoms with Crippen LogP contribution in [-0.4, -0.2) is 56.6 Å². The Balaban J connectivity index is 1.53. The molecule has 4 fully saturated rings. The van der Waals surface area contributed by atoms with Crippen LogP contribution in [0.2, 0.25) is 0 Å². The van der Waals surface area contributed by atoms with E-state index in [4.69, 9.17) is 4.74 Å². The van der Waals surface area contributed by atoms with E-state index >= 15 is 0 Å². The van der Waals surface area contributed by atoms with Crippen LogP contribution in [0.3, 0.4) is 0 Å². The molecule has 0 bridgehead atoms. The molecule has 5 aliphatic rings. The number of nitrogens with zero attached hydrogens (tertiary/aromatic N) is 1. The van der Waals surface area contributed by atoms with Gasteiger partial charge in [-0.05, 0) is 74.7 Å². The van der Waals surface area contributed by atoms with Gasteiger partial charge in [-0.1, -0.05) is 6.92 Å². The maximum atomic E-state index is 12.2. The molecule has 166 valence electrons. The van der Waals surface area contributed by atoms with Gasteiger partial charge in [0, 0.05) is 23.3 Å². The normalized spacial score (nSPS) is 53.1. The Hall–Kier alpha value is -1.44. The van der Waals surface area contributed by atoms with Crippen molar-refractivity contribution in [2.24, 2.45) is 33.7 Å². The first kappa shape index (κ1) is 20.5. The number of oxime groups is 1. The van der Waals surface area contributed by atoms with Crippen LogP contribution in [0, 0.1) is 28.6 Å². The lowest BCUT2D eigenvalue weighted by atomic mass is 9.41. The maximum Gasteiger partial charge on any atom is 0.331 e. The summed E-state index contributed by atoms with van der Waals surface area (Å²) < 4.78 is 5.17. The number of carbonyl (C=O) groups excluding carboxylic acids is 1. The summed E-state index contributed by atoms with van der Waals surface area (Å²) >= 11 is 0. The molecular weight excluding hydrogens is 386 g/mol. The zero-order chi connectivity index (χ0) is 21.4. The number of aliphatic hydroxyl groups excluding tert-OH is 1. The molecule has 5 rings (SSSR count). The minimum atomic E-state index is -1.12. The number of cyclic esters (lactones) is 1. The van der Waals surface area contributed by atoms with Crippen molar-refractivity contribution in [3.05, 3.63) is 11.6 Å². The molecule has 4 saturated carbocycles. The molecule has 0 saturated heterocycles. The number of hydrogen-bond acceptors (Lipinski definition) is 7. The highest BCUT2D eigenvalue weighted by molar-refractivity contribution is 5.85. The summed E-state index contributed by atoms with van der Waals surface area (Å²) in [6.45, 7) is 2.48. The van der Waals surface area contributed by atoms with Crippen molar-refractivity contribution in [3.8, 4) is 0 Å². The number of fused-ring (bicyclic) bond motifs is 5. The molecule has 0 aromatic heterocycles. The highest BCUT2D eigenvalue weighted by atomic mass is 16.5. The molecule has 30 heavy (non-hydrogen) atoms. The van der Waals surface area contributed by atoms with Crippen molar-refractivity contribution in [1.29, 1.82) is 0 Å². The molecule has 0 unspecified atom stereocenters. The molecule has 0 aromatic carbocycles. The second kappa shape index (κ2) is 6.53. The Labute approximate surface area is 176 Å². The average Bonchev–Trinajstić information content (AvgIpc) is 3.23. The molecule has 7 heteroatoms. The van der Waals surface area contributed by atoms with Gasteiger partial charge in [0.15, 0.2) is 0 Å². The first-order valence-corrected chi connectivity index (χ1v) is 11.4. The molecular formula is C23H33NO6. The van der Waals surface area contributed by atoms with Gasteiger partial charge in [0.1, 0.15) is 6.61 Å². The van der Waals surface area contributed by atoms with Crippen LogP contribution in [0.25, 0.3) is 0 Å². The van der Waals surface area contributed by atoms with Crippen molar-refractivity contribution >= 4 is 12.2 Å². The fourth-order valence-electron chi connectivity index (χ4n) is 8.46. The average molecular weight is 420 g/mol. The van der Waals surface area contributed by atoms with Gasteiger partial charge in [-0.2, -0.15) is 0 Å². The summed E-state index contributed by atoms with van der Waals surface area (Å²) in [6.07, 6.45) is 8.20. The summed E-state index contributed by atoms with van der Waals surface area (Å²) in [4.78, 5) is 11.7. The Kier molecular flexibility index (Phi) is 4.45. The smallest absolute Gasteiger partial charge is 0.331 e. The SMILES string of the molecule is C[C@]12CC[C@@H]3[C@H](CC[C@]4(O)C[C@H](O)CC[C@]34/C=N\O)[C@@]1(O)CC[C@@H]2C1=CC(=O)OC1. The quantitative estimate of drug-likeness (QED) is 0.236. The van der Waals surface area contributed by atoms with E-state index in [9.17, 15) is 25.3 Å². The molecule has 0 aromatic rings. The molecule has 0 radical (unpaired) electrons. The van der Waals surface area contributed by atoms with Gasteiger partial charge in [-0.3, -0.25) is 0 Å². The lowest BCUT2D eigenvalue weighted by Gasteiger charge is -2.65. The molecule has 4 aliphatic carbocycles. The van der Waals surface area contributed by atoms with Gasteiger partial charge >= 0.3 is 5.97 Å². The summed E-state index contributed by atoms with van der Waals surface area (Å²) in [5.41, 5.74) is -2.11. The summed E-state index contributed by atoms with van der Waals surface area (Å²) in [5.74, 6) is -0.203. The Bertz CT molecular complexity index is 812. The molecule has 1 heterocycles. The van der Waals surface area contributed by atoms with Crippen LogP contribution in [-0.2, 0) is 9.53 Å². The van der Waals surface area contributed by atoms with Gasteiger partial charge in [-0.15, -0.1) is 5.16 Å². The van der Waals surface area contributed by atoms with Crippen LogP contribution in [0.5, 0.6) is 0 Å². The van der Waals surface area contributed by atoms with Crippen LogP contribution in [0.1, 0.15) is 64.7 Å². The third kappa shape index (κ3) is 2.43. The summed E-state index contributed by atoms with van der Waals surface area (Å²) in [5, 5.41) is 47.0. The predicted octanol–water partition coefficient (Wildman–Crippen LogP) is 2.16. The first-order valence-electron chi connectivity index (χ1n) is 11.4. The van der Waals surface area contributed by atoms with Crippen molar-refractivity contribution < 1.29 is 30.1 Å². The Morgan fingerprint density at radius 1 is 1.10 bits per heavy atom. The zero-order valence-corrected chi connectivity index (χ0v) is 17.6. The number of ether oxygens (including phenoxy) is 1. The molecule has 0 amide bonds. The van der Waals surface area contributed by atoms with Gasteiger partial charge < -0.3 is 25.3 Å². The molecule has 8 atom stereocenters. The second-order valence-electron chi connectivity index (χ2n) is 10.8. The summed E-state index contributed by atoms with van der Waals surface area (Å²) in [6, 6.07) is 0. The maximum absolute atomic E-state index is 12.2.